The van der Waals surface area contributed by atoms with Crippen LogP contribution in [0, 0.1) is 13.8 Å². The van der Waals surface area contributed by atoms with Crippen LogP contribution in [0.4, 0.5) is 0 Å². The topological polar surface area (TPSA) is 53.4 Å². The highest BCUT2D eigenvalue weighted by Crippen LogP contribution is 2.27. The maximum atomic E-state index is 12.9. The van der Waals surface area contributed by atoms with Gasteiger partial charge in [0, 0.05) is 17.5 Å². The van der Waals surface area contributed by atoms with Crippen LogP contribution in [0.25, 0.3) is 0 Å². The van der Waals surface area contributed by atoms with Crippen molar-refractivity contribution >= 4 is 17.2 Å². The molecule has 0 aliphatic carbocycles. The van der Waals surface area contributed by atoms with Crippen LogP contribution in [-0.2, 0) is 6.42 Å². The zero-order valence-corrected chi connectivity index (χ0v) is 16.8. The molecule has 0 aliphatic rings. The molecule has 5 heteroatoms. The number of aryl methyl sites for hydroxylation is 3. The SMILES string of the molecule is Cc1nc(C(C)N(C)C(=O)c2cccc(CCC(C)(C)O)c2)c(C)s1. The number of carbonyl (C=O) groups excluding carboxylic acids is 1. The Labute approximate surface area is 154 Å². The van der Waals surface area contributed by atoms with Gasteiger partial charge in [-0.25, -0.2) is 4.98 Å². The lowest BCUT2D eigenvalue weighted by atomic mass is 9.97. The zero-order valence-electron chi connectivity index (χ0n) is 16.0. The standard InChI is InChI=1S/C20H28N2O2S/c1-13(18-14(2)25-15(3)21-18)22(6)19(23)17-9-7-8-16(12-17)10-11-20(4,5)24/h7-9,12-13,24H,10-11H2,1-6H3. The van der Waals surface area contributed by atoms with Gasteiger partial charge in [0.2, 0.25) is 0 Å². The molecular formula is C20H28N2O2S. The Morgan fingerprint density at radius 3 is 2.60 bits per heavy atom. The number of aliphatic hydroxyl groups is 1. The van der Waals surface area contributed by atoms with Crippen LogP contribution in [0.2, 0.25) is 0 Å². The Morgan fingerprint density at radius 2 is 2.04 bits per heavy atom. The Balaban J connectivity index is 2.15. The molecule has 1 N–H and O–H groups in total. The third-order valence-corrected chi connectivity index (χ3v) is 5.34. The van der Waals surface area contributed by atoms with Crippen molar-refractivity contribution < 1.29 is 9.90 Å². The van der Waals surface area contributed by atoms with E-state index in [4.69, 9.17) is 0 Å². The highest BCUT2D eigenvalue weighted by molar-refractivity contribution is 7.11. The first kappa shape index (κ1) is 19.6. The second-order valence-corrected chi connectivity index (χ2v) is 8.69. The summed E-state index contributed by atoms with van der Waals surface area (Å²) in [5.74, 6) is -0.0114. The number of amides is 1. The van der Waals surface area contributed by atoms with Crippen molar-refractivity contribution in [3.63, 3.8) is 0 Å². The van der Waals surface area contributed by atoms with Crippen molar-refractivity contribution in [1.82, 2.24) is 9.88 Å². The van der Waals surface area contributed by atoms with E-state index < -0.39 is 5.60 Å². The molecule has 0 aliphatic heterocycles. The fourth-order valence-electron chi connectivity index (χ4n) is 2.81. The van der Waals surface area contributed by atoms with Gasteiger partial charge >= 0.3 is 0 Å². The number of hydrogen-bond donors (Lipinski definition) is 1. The van der Waals surface area contributed by atoms with Crippen molar-refractivity contribution in [2.24, 2.45) is 0 Å². The van der Waals surface area contributed by atoms with E-state index in [-0.39, 0.29) is 11.9 Å². The summed E-state index contributed by atoms with van der Waals surface area (Å²) in [4.78, 5) is 20.4. The monoisotopic (exact) mass is 360 g/mol. The number of benzene rings is 1. The number of aromatic nitrogens is 1. The Kier molecular flexibility index (Phi) is 6.01. The Bertz CT molecular complexity index is 746. The number of thiazole rings is 1. The summed E-state index contributed by atoms with van der Waals surface area (Å²) in [6.45, 7) is 9.65. The van der Waals surface area contributed by atoms with E-state index in [0.29, 0.717) is 12.0 Å². The van der Waals surface area contributed by atoms with Crippen LogP contribution < -0.4 is 0 Å². The predicted octanol–water partition coefficient (Wildman–Crippen LogP) is 4.30. The van der Waals surface area contributed by atoms with Crippen LogP contribution >= 0.6 is 11.3 Å². The molecule has 0 fully saturated rings. The van der Waals surface area contributed by atoms with Crippen LogP contribution in [0.15, 0.2) is 24.3 Å². The predicted molar refractivity (Wildman–Crippen MR) is 103 cm³/mol. The minimum atomic E-state index is -0.703. The van der Waals surface area contributed by atoms with Crippen molar-refractivity contribution in [1.29, 1.82) is 0 Å². The fourth-order valence-corrected chi connectivity index (χ4v) is 3.71. The van der Waals surface area contributed by atoms with Crippen LogP contribution in [0.1, 0.15) is 64.7 Å². The van der Waals surface area contributed by atoms with Crippen LogP contribution in [0.3, 0.4) is 0 Å². The number of hydrogen-bond acceptors (Lipinski definition) is 4. The molecule has 1 heterocycles. The third kappa shape index (κ3) is 5.13. The molecule has 2 aromatic rings. The second kappa shape index (κ2) is 7.67. The molecule has 0 radical (unpaired) electrons. The first-order chi connectivity index (χ1) is 11.6. The highest BCUT2D eigenvalue weighted by Gasteiger charge is 2.23. The van der Waals surface area contributed by atoms with Gasteiger partial charge in [0.05, 0.1) is 22.3 Å². The van der Waals surface area contributed by atoms with E-state index in [1.54, 1.807) is 30.1 Å². The number of nitrogens with zero attached hydrogens (tertiary/aromatic N) is 2. The normalized spacial score (nSPS) is 12.9. The molecule has 2 rings (SSSR count). The van der Waals surface area contributed by atoms with E-state index in [0.717, 1.165) is 27.6 Å². The maximum absolute atomic E-state index is 12.9. The van der Waals surface area contributed by atoms with Gasteiger partial charge in [0.1, 0.15) is 0 Å². The summed E-state index contributed by atoms with van der Waals surface area (Å²) in [6, 6.07) is 7.61. The van der Waals surface area contributed by atoms with Crippen molar-refractivity contribution in [3.8, 4) is 0 Å². The molecule has 1 unspecified atom stereocenters. The van der Waals surface area contributed by atoms with E-state index in [1.807, 2.05) is 52.1 Å². The first-order valence-corrected chi connectivity index (χ1v) is 9.42. The van der Waals surface area contributed by atoms with Gasteiger partial charge in [-0.3, -0.25) is 4.79 Å². The molecule has 0 saturated heterocycles. The minimum Gasteiger partial charge on any atom is -0.390 e. The maximum Gasteiger partial charge on any atom is 0.254 e. The largest absolute Gasteiger partial charge is 0.390 e. The lowest BCUT2D eigenvalue weighted by Crippen LogP contribution is -2.30. The summed E-state index contributed by atoms with van der Waals surface area (Å²) in [7, 11) is 1.82. The summed E-state index contributed by atoms with van der Waals surface area (Å²) in [5.41, 5.74) is 2.00. The smallest absolute Gasteiger partial charge is 0.254 e. The summed E-state index contributed by atoms with van der Waals surface area (Å²) >= 11 is 1.66. The van der Waals surface area contributed by atoms with Crippen molar-refractivity contribution in [3.05, 3.63) is 51.0 Å². The number of rotatable bonds is 6. The van der Waals surface area contributed by atoms with E-state index in [2.05, 4.69) is 4.98 Å². The summed E-state index contributed by atoms with van der Waals surface area (Å²) in [5, 5.41) is 10.9. The molecule has 0 spiro atoms. The molecule has 25 heavy (non-hydrogen) atoms. The minimum absolute atomic E-state index is 0.0114. The van der Waals surface area contributed by atoms with E-state index in [1.165, 1.54) is 0 Å². The molecule has 136 valence electrons. The van der Waals surface area contributed by atoms with Gasteiger partial charge in [0.25, 0.3) is 5.91 Å². The molecule has 1 amide bonds. The Hall–Kier alpha value is -1.72. The van der Waals surface area contributed by atoms with Crippen LogP contribution in [-0.4, -0.2) is 33.5 Å². The average Bonchev–Trinajstić information content (AvgIpc) is 2.89. The van der Waals surface area contributed by atoms with Gasteiger partial charge < -0.3 is 10.0 Å². The van der Waals surface area contributed by atoms with E-state index >= 15 is 0 Å². The van der Waals surface area contributed by atoms with Gasteiger partial charge in [0.15, 0.2) is 0 Å². The van der Waals surface area contributed by atoms with Crippen molar-refractivity contribution in [2.45, 2.75) is 59.1 Å². The third-order valence-electron chi connectivity index (χ3n) is 4.44. The second-order valence-electron chi connectivity index (χ2n) is 7.28. The van der Waals surface area contributed by atoms with Gasteiger partial charge in [-0.1, -0.05) is 12.1 Å². The van der Waals surface area contributed by atoms with Gasteiger partial charge in [-0.05, 0) is 65.2 Å². The van der Waals surface area contributed by atoms with E-state index in [9.17, 15) is 9.90 Å². The molecule has 4 nitrogen and oxygen atoms in total. The average molecular weight is 361 g/mol. The molecule has 1 aromatic heterocycles. The molecule has 1 aromatic carbocycles. The zero-order chi connectivity index (χ0) is 18.8. The van der Waals surface area contributed by atoms with Crippen molar-refractivity contribution in [2.75, 3.05) is 7.05 Å². The molecule has 1 atom stereocenters. The summed E-state index contributed by atoms with van der Waals surface area (Å²) in [6.07, 6.45) is 1.41. The lowest BCUT2D eigenvalue weighted by molar-refractivity contribution is 0.0714. The van der Waals surface area contributed by atoms with Gasteiger partial charge in [-0.15, -0.1) is 11.3 Å². The molecule has 0 bridgehead atoms. The first-order valence-electron chi connectivity index (χ1n) is 8.61. The summed E-state index contributed by atoms with van der Waals surface area (Å²) < 4.78 is 0. The quantitative estimate of drug-likeness (QED) is 0.836. The fraction of sp³-hybridized carbons (Fsp3) is 0.500. The molecular weight excluding hydrogens is 332 g/mol. The van der Waals surface area contributed by atoms with Crippen LogP contribution in [0.5, 0.6) is 0 Å². The number of carbonyl (C=O) groups is 1. The van der Waals surface area contributed by atoms with Gasteiger partial charge in [-0.2, -0.15) is 0 Å². The highest BCUT2D eigenvalue weighted by atomic mass is 32.1. The molecule has 0 saturated carbocycles. The lowest BCUT2D eigenvalue weighted by Gasteiger charge is -2.24. The Morgan fingerprint density at radius 1 is 1.36 bits per heavy atom.